The topological polar surface area (TPSA) is 3.24 Å². The van der Waals surface area contributed by atoms with Crippen molar-refractivity contribution >= 4 is 15.9 Å². The molecule has 1 fully saturated rings. The Hall–Kier alpha value is 0.440. The van der Waals surface area contributed by atoms with Gasteiger partial charge in [-0.3, -0.25) is 0 Å². The van der Waals surface area contributed by atoms with Gasteiger partial charge in [0.05, 0.1) is 0 Å². The number of rotatable bonds is 4. The first kappa shape index (κ1) is 15.5. The minimum absolute atomic E-state index is 0.496. The number of hydrogen-bond donors (Lipinski definition) is 0. The van der Waals surface area contributed by atoms with Crippen molar-refractivity contribution in [2.75, 3.05) is 25.0 Å². The summed E-state index contributed by atoms with van der Waals surface area (Å²) in [4.78, 5) is 2.70. The first-order valence-electron chi connectivity index (χ1n) is 7.25. The van der Waals surface area contributed by atoms with Gasteiger partial charge in [-0.1, -0.05) is 50.0 Å². The molecule has 2 heteroatoms. The minimum atomic E-state index is 0.496. The van der Waals surface area contributed by atoms with Crippen LogP contribution in [0.5, 0.6) is 0 Å². The summed E-state index contributed by atoms with van der Waals surface area (Å²) in [7, 11) is 0. The quantitative estimate of drug-likeness (QED) is 0.688. The van der Waals surface area contributed by atoms with Crippen molar-refractivity contribution in [3.05, 3.63) is 0 Å². The third-order valence-electron chi connectivity index (χ3n) is 4.36. The number of alkyl halides is 1. The predicted octanol–water partition coefficient (Wildman–Crippen LogP) is 4.56. The molecule has 17 heavy (non-hydrogen) atoms. The lowest BCUT2D eigenvalue weighted by molar-refractivity contribution is 0.201. The van der Waals surface area contributed by atoms with E-state index in [1.54, 1.807) is 0 Å². The van der Waals surface area contributed by atoms with Crippen molar-refractivity contribution in [1.82, 2.24) is 4.90 Å². The van der Waals surface area contributed by atoms with Crippen LogP contribution in [0.1, 0.15) is 53.4 Å². The van der Waals surface area contributed by atoms with Crippen molar-refractivity contribution in [2.45, 2.75) is 53.4 Å². The van der Waals surface area contributed by atoms with Gasteiger partial charge < -0.3 is 4.90 Å². The fourth-order valence-corrected chi connectivity index (χ4v) is 3.52. The fraction of sp³-hybridized carbons (Fsp3) is 1.00. The Morgan fingerprint density at radius 2 is 1.94 bits per heavy atom. The highest BCUT2D eigenvalue weighted by Crippen LogP contribution is 2.34. The predicted molar refractivity (Wildman–Crippen MR) is 80.8 cm³/mol. The molecule has 0 amide bonds. The third kappa shape index (κ3) is 5.30. The van der Waals surface area contributed by atoms with Crippen LogP contribution in [0.2, 0.25) is 0 Å². The van der Waals surface area contributed by atoms with Crippen molar-refractivity contribution < 1.29 is 0 Å². The Balaban J connectivity index is 2.42. The molecule has 0 N–H and O–H groups in total. The number of nitrogens with zero attached hydrogens (tertiary/aromatic N) is 1. The number of likely N-dealkylation sites (tertiary alicyclic amines) is 1. The molecule has 1 aliphatic heterocycles. The molecule has 0 aromatic heterocycles. The molecule has 0 aromatic carbocycles. The maximum Gasteiger partial charge on any atom is 0.00717 e. The molecule has 0 spiro atoms. The van der Waals surface area contributed by atoms with E-state index in [2.05, 4.69) is 48.5 Å². The summed E-state index contributed by atoms with van der Waals surface area (Å²) < 4.78 is 0. The highest BCUT2D eigenvalue weighted by atomic mass is 79.9. The van der Waals surface area contributed by atoms with E-state index in [0.29, 0.717) is 5.41 Å². The van der Waals surface area contributed by atoms with Crippen LogP contribution in [0.15, 0.2) is 0 Å². The van der Waals surface area contributed by atoms with Crippen LogP contribution in [0.4, 0.5) is 0 Å². The van der Waals surface area contributed by atoms with Gasteiger partial charge >= 0.3 is 0 Å². The lowest BCUT2D eigenvalue weighted by atomic mass is 9.77. The van der Waals surface area contributed by atoms with E-state index in [1.807, 2.05) is 0 Å². The van der Waals surface area contributed by atoms with Gasteiger partial charge in [0.2, 0.25) is 0 Å². The maximum absolute atomic E-state index is 3.64. The summed E-state index contributed by atoms with van der Waals surface area (Å²) in [6.07, 6.45) is 5.50. The van der Waals surface area contributed by atoms with Gasteiger partial charge in [-0.15, -0.1) is 0 Å². The highest BCUT2D eigenvalue weighted by molar-refractivity contribution is 9.09. The molecule has 1 heterocycles. The summed E-state index contributed by atoms with van der Waals surface area (Å²) in [6, 6.07) is 0. The third-order valence-corrected chi connectivity index (χ3v) is 5.27. The lowest BCUT2D eigenvalue weighted by Gasteiger charge is -2.30. The van der Waals surface area contributed by atoms with Crippen molar-refractivity contribution in [3.63, 3.8) is 0 Å². The average molecular weight is 304 g/mol. The van der Waals surface area contributed by atoms with Crippen LogP contribution >= 0.6 is 15.9 Å². The summed E-state index contributed by atoms with van der Waals surface area (Å²) in [5, 5.41) is 1.16. The molecular formula is C15H30BrN. The Morgan fingerprint density at radius 1 is 1.24 bits per heavy atom. The van der Waals surface area contributed by atoms with E-state index in [0.717, 1.165) is 17.2 Å². The van der Waals surface area contributed by atoms with Gasteiger partial charge in [0.25, 0.3) is 0 Å². The average Bonchev–Trinajstić information content (AvgIpc) is 2.50. The van der Waals surface area contributed by atoms with E-state index in [4.69, 9.17) is 0 Å². The van der Waals surface area contributed by atoms with Crippen LogP contribution < -0.4 is 0 Å². The molecule has 2 atom stereocenters. The second-order valence-corrected chi connectivity index (χ2v) is 7.37. The summed E-state index contributed by atoms with van der Waals surface area (Å²) in [6.45, 7) is 13.4. The normalized spacial score (nSPS) is 25.6. The standard InChI is InChI=1S/C15H30BrN/c1-5-13(11-16)12-17-9-6-7-14(8-10-17)15(2,3)4/h13-14H,5-12H2,1-4H3. The molecule has 1 rings (SSSR count). The molecule has 1 nitrogen and oxygen atoms in total. The summed E-state index contributed by atoms with van der Waals surface area (Å²) in [5.41, 5.74) is 0.496. The molecule has 1 saturated heterocycles. The van der Waals surface area contributed by atoms with Gasteiger partial charge in [0.15, 0.2) is 0 Å². The SMILES string of the molecule is CCC(CBr)CN1CCCC(C(C)(C)C)CC1. The molecule has 0 radical (unpaired) electrons. The lowest BCUT2D eigenvalue weighted by Crippen LogP contribution is -2.31. The largest absolute Gasteiger partial charge is 0.303 e. The molecular weight excluding hydrogens is 274 g/mol. The second-order valence-electron chi connectivity index (χ2n) is 6.72. The Bertz CT molecular complexity index is 205. The molecule has 0 aromatic rings. The van der Waals surface area contributed by atoms with E-state index in [-0.39, 0.29) is 0 Å². The van der Waals surface area contributed by atoms with Crippen molar-refractivity contribution in [2.24, 2.45) is 17.3 Å². The number of hydrogen-bond acceptors (Lipinski definition) is 1. The highest BCUT2D eigenvalue weighted by Gasteiger charge is 2.27. The van der Waals surface area contributed by atoms with Gasteiger partial charge in [-0.25, -0.2) is 0 Å². The Labute approximate surface area is 116 Å². The minimum Gasteiger partial charge on any atom is -0.303 e. The fourth-order valence-electron chi connectivity index (χ4n) is 2.86. The first-order chi connectivity index (χ1) is 7.97. The molecule has 2 unspecified atom stereocenters. The maximum atomic E-state index is 3.64. The summed E-state index contributed by atoms with van der Waals surface area (Å²) in [5.74, 6) is 1.75. The van der Waals surface area contributed by atoms with Crippen LogP contribution in [0.3, 0.4) is 0 Å². The Morgan fingerprint density at radius 3 is 2.47 bits per heavy atom. The van der Waals surface area contributed by atoms with Crippen LogP contribution in [0.25, 0.3) is 0 Å². The zero-order valence-corrected chi connectivity index (χ0v) is 13.7. The van der Waals surface area contributed by atoms with Crippen LogP contribution in [-0.2, 0) is 0 Å². The Kier molecular flexibility index (Phi) is 6.50. The van der Waals surface area contributed by atoms with Crippen molar-refractivity contribution in [1.29, 1.82) is 0 Å². The van der Waals surface area contributed by atoms with E-state index in [9.17, 15) is 0 Å². The molecule has 0 saturated carbocycles. The van der Waals surface area contributed by atoms with Crippen LogP contribution in [0, 0.1) is 17.3 Å². The van der Waals surface area contributed by atoms with Gasteiger partial charge in [-0.05, 0) is 49.6 Å². The molecule has 0 bridgehead atoms. The smallest absolute Gasteiger partial charge is 0.00717 e. The molecule has 1 aliphatic rings. The van der Waals surface area contributed by atoms with Crippen LogP contribution in [-0.4, -0.2) is 29.9 Å². The monoisotopic (exact) mass is 303 g/mol. The van der Waals surface area contributed by atoms with E-state index >= 15 is 0 Å². The van der Waals surface area contributed by atoms with E-state index < -0.39 is 0 Å². The summed E-state index contributed by atoms with van der Waals surface area (Å²) >= 11 is 3.64. The molecule has 0 aliphatic carbocycles. The zero-order chi connectivity index (χ0) is 12.9. The van der Waals surface area contributed by atoms with Gasteiger partial charge in [0.1, 0.15) is 0 Å². The van der Waals surface area contributed by atoms with Gasteiger partial charge in [0, 0.05) is 11.9 Å². The first-order valence-corrected chi connectivity index (χ1v) is 8.37. The number of halogens is 1. The van der Waals surface area contributed by atoms with E-state index in [1.165, 1.54) is 45.3 Å². The molecule has 102 valence electrons. The zero-order valence-electron chi connectivity index (χ0n) is 12.1. The second kappa shape index (κ2) is 7.13. The van der Waals surface area contributed by atoms with Crippen molar-refractivity contribution in [3.8, 4) is 0 Å². The van der Waals surface area contributed by atoms with Gasteiger partial charge in [-0.2, -0.15) is 0 Å².